The number of ether oxygens (including phenoxy) is 2. The van der Waals surface area contributed by atoms with Gasteiger partial charge in [0.2, 0.25) is 0 Å². The average molecular weight is 388 g/mol. The minimum Gasteiger partial charge on any atom is -0.497 e. The van der Waals surface area contributed by atoms with Crippen molar-refractivity contribution in [2.24, 2.45) is 0 Å². The monoisotopic (exact) mass is 388 g/mol. The van der Waals surface area contributed by atoms with E-state index in [0.29, 0.717) is 12.3 Å². The Bertz CT molecular complexity index is 890. The first-order valence-electron chi connectivity index (χ1n) is 7.70. The molecule has 134 valence electrons. The van der Waals surface area contributed by atoms with Gasteiger partial charge in [0.1, 0.15) is 10.8 Å². The number of thiophene rings is 1. The molecule has 0 unspecified atom stereocenters. The van der Waals surface area contributed by atoms with Gasteiger partial charge in [0, 0.05) is 22.9 Å². The highest BCUT2D eigenvalue weighted by Gasteiger charge is 2.15. The Morgan fingerprint density at radius 2 is 2.12 bits per heavy atom. The van der Waals surface area contributed by atoms with Gasteiger partial charge < -0.3 is 14.8 Å². The lowest BCUT2D eigenvalue weighted by Gasteiger charge is -2.07. The van der Waals surface area contributed by atoms with E-state index in [1.807, 2.05) is 41.1 Å². The van der Waals surface area contributed by atoms with Crippen LogP contribution >= 0.6 is 22.7 Å². The topological polar surface area (TPSA) is 77.5 Å². The van der Waals surface area contributed by atoms with Crippen molar-refractivity contribution >= 4 is 34.6 Å². The van der Waals surface area contributed by atoms with Crippen molar-refractivity contribution in [2.45, 2.75) is 6.54 Å². The fourth-order valence-electron chi connectivity index (χ4n) is 2.13. The van der Waals surface area contributed by atoms with Crippen molar-refractivity contribution < 1.29 is 19.1 Å². The minimum absolute atomic E-state index is 0.205. The van der Waals surface area contributed by atoms with Crippen molar-refractivity contribution in [3.63, 3.8) is 0 Å². The van der Waals surface area contributed by atoms with E-state index in [2.05, 4.69) is 10.3 Å². The third kappa shape index (κ3) is 4.68. The van der Waals surface area contributed by atoms with Gasteiger partial charge >= 0.3 is 5.97 Å². The Morgan fingerprint density at radius 3 is 2.88 bits per heavy atom. The molecule has 8 heteroatoms. The molecule has 0 saturated heterocycles. The van der Waals surface area contributed by atoms with Crippen LogP contribution in [0.4, 0.5) is 0 Å². The van der Waals surface area contributed by atoms with E-state index < -0.39 is 5.97 Å². The molecule has 26 heavy (non-hydrogen) atoms. The summed E-state index contributed by atoms with van der Waals surface area (Å²) in [5.74, 6) is -0.276. The lowest BCUT2D eigenvalue weighted by atomic mass is 10.2. The van der Waals surface area contributed by atoms with E-state index in [9.17, 15) is 9.59 Å². The second-order valence-electron chi connectivity index (χ2n) is 5.25. The summed E-state index contributed by atoms with van der Waals surface area (Å²) >= 11 is 2.92. The number of amides is 1. The molecule has 0 aliphatic carbocycles. The van der Waals surface area contributed by atoms with Gasteiger partial charge in [-0.2, -0.15) is 11.3 Å². The first kappa shape index (κ1) is 18.1. The van der Waals surface area contributed by atoms with Gasteiger partial charge in [-0.1, -0.05) is 12.1 Å². The van der Waals surface area contributed by atoms with Crippen molar-refractivity contribution in [3.05, 3.63) is 57.7 Å². The van der Waals surface area contributed by atoms with E-state index in [1.165, 1.54) is 11.3 Å². The molecule has 3 rings (SSSR count). The number of rotatable bonds is 7. The quantitative estimate of drug-likeness (QED) is 0.628. The van der Waals surface area contributed by atoms with Crippen LogP contribution in [-0.2, 0) is 16.1 Å². The maximum Gasteiger partial charge on any atom is 0.358 e. The second-order valence-corrected chi connectivity index (χ2v) is 6.89. The number of esters is 1. The van der Waals surface area contributed by atoms with Crippen LogP contribution < -0.4 is 10.1 Å². The number of nitrogens with zero attached hydrogens (tertiary/aromatic N) is 1. The van der Waals surface area contributed by atoms with Crippen molar-refractivity contribution in [2.75, 3.05) is 13.7 Å². The number of nitrogens with one attached hydrogen (secondary N) is 1. The molecule has 0 bridgehead atoms. The largest absolute Gasteiger partial charge is 0.497 e. The molecule has 2 heterocycles. The van der Waals surface area contributed by atoms with E-state index >= 15 is 0 Å². The molecule has 0 saturated carbocycles. The first-order valence-corrected chi connectivity index (χ1v) is 9.53. The molecule has 0 atom stereocenters. The highest BCUT2D eigenvalue weighted by molar-refractivity contribution is 7.14. The zero-order valence-electron chi connectivity index (χ0n) is 13.9. The lowest BCUT2D eigenvalue weighted by molar-refractivity contribution is -0.124. The summed E-state index contributed by atoms with van der Waals surface area (Å²) in [6.45, 7) is -0.0271. The number of hydrogen-bond donors (Lipinski definition) is 1. The van der Waals surface area contributed by atoms with Crippen molar-refractivity contribution in [1.82, 2.24) is 10.3 Å². The molecule has 1 amide bonds. The Morgan fingerprint density at radius 1 is 1.23 bits per heavy atom. The summed E-state index contributed by atoms with van der Waals surface area (Å²) in [5, 5.41) is 8.98. The van der Waals surface area contributed by atoms with E-state index in [1.54, 1.807) is 23.8 Å². The summed E-state index contributed by atoms with van der Waals surface area (Å²) in [6, 6.07) is 9.30. The van der Waals surface area contributed by atoms with Crippen LogP contribution in [-0.4, -0.2) is 30.6 Å². The summed E-state index contributed by atoms with van der Waals surface area (Å²) < 4.78 is 10.2. The third-order valence-corrected chi connectivity index (χ3v) is 5.01. The van der Waals surface area contributed by atoms with Crippen molar-refractivity contribution in [3.8, 4) is 16.3 Å². The molecule has 3 aromatic rings. The molecule has 1 aromatic carbocycles. The van der Waals surface area contributed by atoms with Gasteiger partial charge in [0.05, 0.1) is 7.11 Å². The highest BCUT2D eigenvalue weighted by atomic mass is 32.1. The number of benzene rings is 1. The molecular weight excluding hydrogens is 372 g/mol. The zero-order chi connectivity index (χ0) is 18.4. The van der Waals surface area contributed by atoms with Crippen LogP contribution in [0.3, 0.4) is 0 Å². The number of aromatic nitrogens is 1. The Balaban J connectivity index is 1.47. The third-order valence-electron chi connectivity index (χ3n) is 3.44. The fourth-order valence-corrected chi connectivity index (χ4v) is 3.63. The molecule has 0 radical (unpaired) electrons. The van der Waals surface area contributed by atoms with Gasteiger partial charge in [-0.05, 0) is 29.1 Å². The Kier molecular flexibility index (Phi) is 5.98. The molecule has 0 spiro atoms. The number of carbonyl (C=O) groups excluding carboxylic acids is 2. The zero-order valence-corrected chi connectivity index (χ0v) is 15.6. The highest BCUT2D eigenvalue weighted by Crippen LogP contribution is 2.25. The summed E-state index contributed by atoms with van der Waals surface area (Å²) in [5.41, 5.74) is 2.07. The normalized spacial score (nSPS) is 10.3. The average Bonchev–Trinajstić information content (AvgIpc) is 3.36. The van der Waals surface area contributed by atoms with Gasteiger partial charge in [-0.15, -0.1) is 11.3 Å². The van der Waals surface area contributed by atoms with Gasteiger partial charge in [0.15, 0.2) is 12.3 Å². The standard InChI is InChI=1S/C18H16N2O4S2/c1-23-14-4-2-3-12(7-14)8-19-16(21)9-24-18(22)15-11-26-17(20-15)13-5-6-25-10-13/h2-7,10-11H,8-9H2,1H3,(H,19,21). The molecule has 0 aliphatic rings. The van der Waals surface area contributed by atoms with Crippen LogP contribution in [0.15, 0.2) is 46.5 Å². The van der Waals surface area contributed by atoms with E-state index in [4.69, 9.17) is 9.47 Å². The smallest absolute Gasteiger partial charge is 0.358 e. The van der Waals surface area contributed by atoms with Gasteiger partial charge in [-0.25, -0.2) is 9.78 Å². The molecule has 2 aromatic heterocycles. The van der Waals surface area contributed by atoms with E-state index in [0.717, 1.165) is 16.1 Å². The van der Waals surface area contributed by atoms with Crippen LogP contribution in [0.2, 0.25) is 0 Å². The van der Waals surface area contributed by atoms with E-state index in [-0.39, 0.29) is 18.2 Å². The summed E-state index contributed by atoms with van der Waals surface area (Å²) in [4.78, 5) is 28.1. The minimum atomic E-state index is -0.612. The Hall–Kier alpha value is -2.71. The number of thiazole rings is 1. The van der Waals surface area contributed by atoms with Crippen LogP contribution in [0, 0.1) is 0 Å². The fraction of sp³-hybridized carbons (Fsp3) is 0.167. The SMILES string of the molecule is COc1cccc(CNC(=O)COC(=O)c2csc(-c3ccsc3)n2)c1. The molecular formula is C18H16N2O4S2. The van der Waals surface area contributed by atoms with Crippen LogP contribution in [0.25, 0.3) is 10.6 Å². The lowest BCUT2D eigenvalue weighted by Crippen LogP contribution is -2.28. The first-order chi connectivity index (χ1) is 12.7. The molecule has 0 aliphatic heterocycles. The molecule has 0 fully saturated rings. The second kappa shape index (κ2) is 8.59. The summed E-state index contributed by atoms with van der Waals surface area (Å²) in [7, 11) is 1.58. The number of methoxy groups -OCH3 is 1. The predicted octanol–water partition coefficient (Wildman–Crippen LogP) is 3.35. The van der Waals surface area contributed by atoms with Crippen molar-refractivity contribution in [1.29, 1.82) is 0 Å². The Labute approximate surface area is 158 Å². The van der Waals surface area contributed by atoms with Gasteiger partial charge in [-0.3, -0.25) is 4.79 Å². The number of hydrogen-bond acceptors (Lipinski definition) is 7. The van der Waals surface area contributed by atoms with Gasteiger partial charge in [0.25, 0.3) is 5.91 Å². The number of carbonyl (C=O) groups is 2. The maximum absolute atomic E-state index is 12.0. The van der Waals surface area contributed by atoms with Crippen LogP contribution in [0.5, 0.6) is 5.75 Å². The maximum atomic E-state index is 12.0. The summed E-state index contributed by atoms with van der Waals surface area (Å²) in [6.07, 6.45) is 0. The molecule has 1 N–H and O–H groups in total. The predicted molar refractivity (Wildman–Crippen MR) is 101 cm³/mol. The van der Waals surface area contributed by atoms with Crippen LogP contribution in [0.1, 0.15) is 16.1 Å². The molecule has 6 nitrogen and oxygen atoms in total.